The van der Waals surface area contributed by atoms with Gasteiger partial charge in [-0.2, -0.15) is 0 Å². The molecule has 0 saturated heterocycles. The summed E-state index contributed by atoms with van der Waals surface area (Å²) in [6.07, 6.45) is 8.31. The van der Waals surface area contributed by atoms with E-state index in [1.54, 1.807) is 21.2 Å². The number of hydrogen-bond acceptors (Lipinski definition) is 0. The smallest absolute Gasteiger partial charge is 0.00659 e. The fourth-order valence-corrected chi connectivity index (χ4v) is 13.9. The van der Waals surface area contributed by atoms with Crippen LogP contribution in [-0.2, 0) is 0 Å². The van der Waals surface area contributed by atoms with Gasteiger partial charge in [-0.15, -0.1) is 0 Å². The predicted octanol–water partition coefficient (Wildman–Crippen LogP) is 7.34. The van der Waals surface area contributed by atoms with Crippen molar-refractivity contribution in [1.82, 2.24) is 0 Å². The van der Waals surface area contributed by atoms with E-state index in [-0.39, 0.29) is 0 Å². The molecule has 4 aromatic rings. The molecule has 2 aliphatic rings. The van der Waals surface area contributed by atoms with Crippen LogP contribution < -0.4 is 21.2 Å². The van der Waals surface area contributed by atoms with Gasteiger partial charge in [0, 0.05) is 0 Å². The fourth-order valence-electron chi connectivity index (χ4n) is 6.98. The molecule has 1 spiro atoms. The lowest BCUT2D eigenvalue weighted by Gasteiger charge is -2.45. The minimum atomic E-state index is -0.390. The van der Waals surface area contributed by atoms with Crippen LogP contribution >= 0.6 is 15.8 Å². The van der Waals surface area contributed by atoms with E-state index in [1.807, 2.05) is 0 Å². The molecule has 0 N–H and O–H groups in total. The monoisotopic (exact) mass is 492 g/mol. The van der Waals surface area contributed by atoms with Gasteiger partial charge in [0.2, 0.25) is 0 Å². The summed E-state index contributed by atoms with van der Waals surface area (Å²) >= 11 is 0. The summed E-state index contributed by atoms with van der Waals surface area (Å²) < 4.78 is 0. The van der Waals surface area contributed by atoms with Gasteiger partial charge in [0.05, 0.1) is 0 Å². The van der Waals surface area contributed by atoms with Crippen LogP contribution in [0.4, 0.5) is 0 Å². The molecule has 0 aromatic heterocycles. The molecule has 0 unspecified atom stereocenters. The van der Waals surface area contributed by atoms with Gasteiger partial charge in [-0.1, -0.05) is 134 Å². The molecule has 2 heteroatoms. The highest BCUT2D eigenvalue weighted by atomic mass is 31.1. The summed E-state index contributed by atoms with van der Waals surface area (Å²) in [6, 6.07) is 46.0. The fraction of sp³-hybridized carbons (Fsp3) is 0.273. The highest BCUT2D eigenvalue weighted by Gasteiger charge is 2.56. The predicted molar refractivity (Wildman–Crippen MR) is 156 cm³/mol. The maximum Gasteiger partial charge on any atom is -0.00659 e. The zero-order valence-corrected chi connectivity index (χ0v) is 22.1. The van der Waals surface area contributed by atoms with Gasteiger partial charge in [0.15, 0.2) is 0 Å². The molecular weight excluding hydrogens is 458 g/mol. The Morgan fingerprint density at radius 1 is 0.429 bits per heavy atom. The molecule has 4 aromatic carbocycles. The quantitative estimate of drug-likeness (QED) is 0.247. The summed E-state index contributed by atoms with van der Waals surface area (Å²) in [5.74, 6) is 0. The van der Waals surface area contributed by atoms with Crippen LogP contribution in [-0.4, -0.2) is 11.3 Å². The maximum atomic E-state index is 2.41. The van der Waals surface area contributed by atoms with Crippen LogP contribution in [0.1, 0.15) is 38.5 Å². The maximum absolute atomic E-state index is 2.41. The van der Waals surface area contributed by atoms with Gasteiger partial charge in [0.1, 0.15) is 0 Å². The van der Waals surface area contributed by atoms with Crippen molar-refractivity contribution in [3.8, 4) is 0 Å². The Morgan fingerprint density at radius 3 is 1.00 bits per heavy atom. The van der Waals surface area contributed by atoms with Crippen molar-refractivity contribution in [2.45, 2.75) is 49.8 Å². The van der Waals surface area contributed by atoms with E-state index in [0.29, 0.717) is 5.41 Å². The standard InChI is InChI=1S/C33H34P2/c1-5-15-27(16-6-1)34(28-17-7-2-8-18-28)31-23-13-25-33(31)26-14-24-32(33)35(29-19-9-3-10-20-29)30-21-11-4-12-22-30/h1-12,15-22,31-32H,13-14,23-26H2/t31-,32-,33?/m0/s1. The summed E-state index contributed by atoms with van der Waals surface area (Å²) in [6.45, 7) is 0. The molecule has 0 nitrogen and oxygen atoms in total. The molecule has 0 aliphatic heterocycles. The van der Waals surface area contributed by atoms with Gasteiger partial charge in [-0.25, -0.2) is 0 Å². The first kappa shape index (κ1) is 23.2. The van der Waals surface area contributed by atoms with Crippen LogP contribution in [0.5, 0.6) is 0 Å². The molecule has 2 aliphatic carbocycles. The van der Waals surface area contributed by atoms with Crippen LogP contribution in [0.3, 0.4) is 0 Å². The zero-order valence-electron chi connectivity index (χ0n) is 20.3. The Balaban J connectivity index is 1.48. The lowest BCUT2D eigenvalue weighted by atomic mass is 9.83. The Kier molecular flexibility index (Phi) is 6.87. The summed E-state index contributed by atoms with van der Waals surface area (Å²) in [4.78, 5) is 0. The molecule has 0 radical (unpaired) electrons. The van der Waals surface area contributed by atoms with E-state index in [2.05, 4.69) is 121 Å². The summed E-state index contributed by atoms with van der Waals surface area (Å²) in [7, 11) is -0.781. The number of rotatable bonds is 6. The highest BCUT2D eigenvalue weighted by molar-refractivity contribution is 7.74. The molecule has 0 bridgehead atoms. The average Bonchev–Trinajstić information content (AvgIpc) is 3.54. The molecule has 2 saturated carbocycles. The van der Waals surface area contributed by atoms with Crippen LogP contribution in [0, 0.1) is 5.41 Å². The normalized spacial score (nSPS) is 21.2. The number of hydrogen-bond donors (Lipinski definition) is 0. The van der Waals surface area contributed by atoms with Gasteiger partial charge in [-0.3, -0.25) is 0 Å². The van der Waals surface area contributed by atoms with Crippen molar-refractivity contribution < 1.29 is 0 Å². The van der Waals surface area contributed by atoms with Crippen LogP contribution in [0.15, 0.2) is 121 Å². The molecular formula is C33H34P2. The van der Waals surface area contributed by atoms with Gasteiger partial charge in [-0.05, 0) is 79.5 Å². The molecule has 6 rings (SSSR count). The first-order valence-corrected chi connectivity index (χ1v) is 16.0. The minimum absolute atomic E-state index is 0.390. The van der Waals surface area contributed by atoms with Crippen molar-refractivity contribution in [2.75, 3.05) is 0 Å². The zero-order chi connectivity index (χ0) is 23.5. The third-order valence-corrected chi connectivity index (χ3v) is 14.5. The Bertz CT molecular complexity index is 1030. The van der Waals surface area contributed by atoms with Crippen LogP contribution in [0.25, 0.3) is 0 Å². The average molecular weight is 493 g/mol. The minimum Gasteiger partial charge on any atom is -0.0622 e. The molecule has 0 heterocycles. The van der Waals surface area contributed by atoms with Gasteiger partial charge < -0.3 is 0 Å². The Hall–Kier alpha value is -2.26. The largest absolute Gasteiger partial charge is 0.0622 e. The highest BCUT2D eigenvalue weighted by Crippen LogP contribution is 2.68. The summed E-state index contributed by atoms with van der Waals surface area (Å²) in [5, 5.41) is 6.26. The molecule has 176 valence electrons. The third kappa shape index (κ3) is 4.42. The Labute approximate surface area is 213 Å². The Morgan fingerprint density at radius 2 is 0.714 bits per heavy atom. The second kappa shape index (κ2) is 10.4. The molecule has 35 heavy (non-hydrogen) atoms. The van der Waals surface area contributed by atoms with Crippen molar-refractivity contribution in [2.24, 2.45) is 5.41 Å². The van der Waals surface area contributed by atoms with Crippen molar-refractivity contribution in [3.05, 3.63) is 121 Å². The van der Waals surface area contributed by atoms with E-state index < -0.39 is 15.8 Å². The van der Waals surface area contributed by atoms with E-state index in [1.165, 1.54) is 38.5 Å². The van der Waals surface area contributed by atoms with Crippen molar-refractivity contribution in [3.63, 3.8) is 0 Å². The van der Waals surface area contributed by atoms with Gasteiger partial charge in [0.25, 0.3) is 0 Å². The van der Waals surface area contributed by atoms with E-state index in [4.69, 9.17) is 0 Å². The van der Waals surface area contributed by atoms with Crippen LogP contribution in [0.2, 0.25) is 0 Å². The number of benzene rings is 4. The lowest BCUT2D eigenvalue weighted by molar-refractivity contribution is 0.324. The molecule has 0 amide bonds. The SMILES string of the molecule is c1ccc(P(c2ccccc2)[C@H]2CCCC23CCC[C@@H]3P(c2ccccc2)c2ccccc2)cc1. The topological polar surface area (TPSA) is 0 Å². The molecule has 2 fully saturated rings. The van der Waals surface area contributed by atoms with E-state index in [0.717, 1.165) is 11.3 Å². The van der Waals surface area contributed by atoms with E-state index >= 15 is 0 Å². The third-order valence-electron chi connectivity index (χ3n) is 8.33. The second-order valence-corrected chi connectivity index (χ2v) is 14.9. The molecule has 2 atom stereocenters. The second-order valence-electron chi connectivity index (χ2n) is 10.1. The first-order chi connectivity index (χ1) is 17.4. The first-order valence-electron chi connectivity index (χ1n) is 13.2. The lowest BCUT2D eigenvalue weighted by Crippen LogP contribution is -2.41. The van der Waals surface area contributed by atoms with Crippen molar-refractivity contribution in [1.29, 1.82) is 0 Å². The van der Waals surface area contributed by atoms with Gasteiger partial charge >= 0.3 is 0 Å². The van der Waals surface area contributed by atoms with Crippen molar-refractivity contribution >= 4 is 37.1 Å². The van der Waals surface area contributed by atoms with E-state index in [9.17, 15) is 0 Å². The summed E-state index contributed by atoms with van der Waals surface area (Å²) in [5.41, 5.74) is 1.95.